The first-order valence-electron chi connectivity index (χ1n) is 9.56. The molecule has 2 aliphatic rings. The molecule has 0 radical (unpaired) electrons. The monoisotopic (exact) mass is 418 g/mol. The number of esters is 1. The van der Waals surface area contributed by atoms with Gasteiger partial charge in [0.15, 0.2) is 6.61 Å². The second-order valence-electron chi connectivity index (χ2n) is 7.59. The first-order valence-corrected chi connectivity index (χ1v) is 9.56. The summed E-state index contributed by atoms with van der Waals surface area (Å²) < 4.78 is 4.83. The van der Waals surface area contributed by atoms with E-state index in [-0.39, 0.29) is 11.3 Å². The van der Waals surface area contributed by atoms with E-state index in [0.29, 0.717) is 23.8 Å². The Morgan fingerprint density at radius 2 is 1.97 bits per heavy atom. The van der Waals surface area contributed by atoms with Gasteiger partial charge in [0.2, 0.25) is 0 Å². The number of ether oxygens (including phenoxy) is 1. The lowest BCUT2D eigenvalue weighted by atomic mass is 9.77. The zero-order chi connectivity index (χ0) is 21.9. The van der Waals surface area contributed by atoms with Crippen molar-refractivity contribution in [2.75, 3.05) is 6.61 Å². The molecule has 2 fully saturated rings. The Labute approximate surface area is 171 Å². The van der Waals surface area contributed by atoms with Crippen LogP contribution in [0.15, 0.2) is 24.3 Å². The van der Waals surface area contributed by atoms with E-state index >= 15 is 0 Å². The Kier molecular flexibility index (Phi) is 5.99. The fraction of sp³-hybridized carbons (Fsp3) is 0.474. The molecule has 1 spiro atoms. The lowest BCUT2D eigenvalue weighted by Gasteiger charge is -2.33. The standard InChI is InChI=1S/C19H22N4O7/c1-12-6-8-19(9-7-12)17(26)22(18(27)20-19)21-15(24)11-30-16(25)10-13-4-2-3-5-14(13)23(28)29/h2-5,12H,6-11H2,1H3,(H,20,27)(H,21,24). The number of nitro benzene ring substituents is 1. The molecule has 0 unspecified atom stereocenters. The van der Waals surface area contributed by atoms with Gasteiger partial charge in [-0.2, -0.15) is 5.01 Å². The van der Waals surface area contributed by atoms with E-state index < -0.39 is 47.3 Å². The number of nitrogens with one attached hydrogen (secondary N) is 2. The van der Waals surface area contributed by atoms with Gasteiger partial charge in [-0.1, -0.05) is 25.1 Å². The summed E-state index contributed by atoms with van der Waals surface area (Å²) in [5, 5.41) is 14.3. The summed E-state index contributed by atoms with van der Waals surface area (Å²) in [4.78, 5) is 59.2. The molecule has 0 atom stereocenters. The second-order valence-corrected chi connectivity index (χ2v) is 7.59. The first kappa shape index (κ1) is 21.2. The van der Waals surface area contributed by atoms with Crippen molar-refractivity contribution in [2.24, 2.45) is 5.92 Å². The number of imide groups is 1. The number of benzene rings is 1. The van der Waals surface area contributed by atoms with Crippen molar-refractivity contribution in [3.8, 4) is 0 Å². The molecule has 1 aliphatic carbocycles. The molecule has 2 N–H and O–H groups in total. The zero-order valence-corrected chi connectivity index (χ0v) is 16.4. The number of carbonyl (C=O) groups is 4. The van der Waals surface area contributed by atoms with E-state index in [1.165, 1.54) is 18.2 Å². The molecule has 1 aromatic rings. The third-order valence-corrected chi connectivity index (χ3v) is 5.41. The highest BCUT2D eigenvalue weighted by Crippen LogP contribution is 2.35. The van der Waals surface area contributed by atoms with Crippen molar-refractivity contribution in [3.05, 3.63) is 39.9 Å². The number of amides is 4. The molecule has 1 aliphatic heterocycles. The molecule has 1 heterocycles. The van der Waals surface area contributed by atoms with Gasteiger partial charge in [-0.3, -0.25) is 29.9 Å². The van der Waals surface area contributed by atoms with Gasteiger partial charge in [0.1, 0.15) is 5.54 Å². The topological polar surface area (TPSA) is 148 Å². The van der Waals surface area contributed by atoms with Crippen LogP contribution in [0.5, 0.6) is 0 Å². The SMILES string of the molecule is CC1CCC2(CC1)NC(=O)N(NC(=O)COC(=O)Cc1ccccc1[N+](=O)[O-])C2=O. The molecular weight excluding hydrogens is 396 g/mol. The third kappa shape index (κ3) is 4.39. The van der Waals surface area contributed by atoms with Crippen LogP contribution in [0.2, 0.25) is 0 Å². The number of nitro groups is 1. The molecule has 0 bridgehead atoms. The van der Waals surface area contributed by atoms with Gasteiger partial charge in [-0.25, -0.2) is 4.79 Å². The molecule has 160 valence electrons. The lowest BCUT2D eigenvalue weighted by molar-refractivity contribution is -0.385. The largest absolute Gasteiger partial charge is 0.455 e. The van der Waals surface area contributed by atoms with Crippen LogP contribution in [-0.4, -0.2) is 45.9 Å². The maximum absolute atomic E-state index is 12.7. The fourth-order valence-corrected chi connectivity index (χ4v) is 3.66. The number of para-hydroxylation sites is 1. The predicted octanol–water partition coefficient (Wildman–Crippen LogP) is 1.21. The Bertz CT molecular complexity index is 893. The maximum Gasteiger partial charge on any atom is 0.344 e. The molecular formula is C19H22N4O7. The van der Waals surface area contributed by atoms with E-state index in [0.717, 1.165) is 12.8 Å². The smallest absolute Gasteiger partial charge is 0.344 e. The van der Waals surface area contributed by atoms with Crippen LogP contribution in [0, 0.1) is 16.0 Å². The van der Waals surface area contributed by atoms with Crippen LogP contribution in [0.4, 0.5) is 10.5 Å². The highest BCUT2D eigenvalue weighted by molar-refractivity contribution is 6.08. The number of urea groups is 1. The van der Waals surface area contributed by atoms with Crippen molar-refractivity contribution < 1.29 is 28.8 Å². The normalized spacial score (nSPS) is 23.2. The molecule has 11 heteroatoms. The van der Waals surface area contributed by atoms with Gasteiger partial charge < -0.3 is 10.1 Å². The van der Waals surface area contributed by atoms with E-state index in [1.807, 2.05) is 0 Å². The number of nitrogens with zero attached hydrogens (tertiary/aromatic N) is 2. The molecule has 1 aromatic carbocycles. The molecule has 3 rings (SSSR count). The number of hydrogen-bond donors (Lipinski definition) is 2. The summed E-state index contributed by atoms with van der Waals surface area (Å²) in [6, 6.07) is 4.96. The van der Waals surface area contributed by atoms with Gasteiger partial charge in [0, 0.05) is 11.6 Å². The minimum absolute atomic E-state index is 0.149. The number of hydrogen-bond acceptors (Lipinski definition) is 7. The number of carbonyl (C=O) groups excluding carboxylic acids is 4. The van der Waals surface area contributed by atoms with Gasteiger partial charge in [-0.15, -0.1) is 0 Å². The van der Waals surface area contributed by atoms with Gasteiger partial charge in [-0.05, 0) is 31.6 Å². The van der Waals surface area contributed by atoms with Crippen molar-refractivity contribution in [1.82, 2.24) is 15.8 Å². The number of rotatable bonds is 6. The van der Waals surface area contributed by atoms with Crippen molar-refractivity contribution in [2.45, 2.75) is 44.6 Å². The van der Waals surface area contributed by atoms with Crippen molar-refractivity contribution in [1.29, 1.82) is 0 Å². The Morgan fingerprint density at radius 1 is 1.30 bits per heavy atom. The van der Waals surface area contributed by atoms with Crippen molar-refractivity contribution in [3.63, 3.8) is 0 Å². The van der Waals surface area contributed by atoms with Crippen LogP contribution in [0.3, 0.4) is 0 Å². The highest BCUT2D eigenvalue weighted by atomic mass is 16.6. The molecule has 4 amide bonds. The van der Waals surface area contributed by atoms with E-state index in [9.17, 15) is 29.3 Å². The lowest BCUT2D eigenvalue weighted by Crippen LogP contribution is -2.52. The van der Waals surface area contributed by atoms with Crippen LogP contribution < -0.4 is 10.7 Å². The van der Waals surface area contributed by atoms with Crippen LogP contribution in [-0.2, 0) is 25.5 Å². The van der Waals surface area contributed by atoms with Gasteiger partial charge in [0.05, 0.1) is 11.3 Å². The summed E-state index contributed by atoms with van der Waals surface area (Å²) in [7, 11) is 0. The molecule has 11 nitrogen and oxygen atoms in total. The minimum Gasteiger partial charge on any atom is -0.455 e. The Hall–Kier alpha value is -3.50. The summed E-state index contributed by atoms with van der Waals surface area (Å²) in [5.41, 5.74) is 1.07. The minimum atomic E-state index is -1.00. The Morgan fingerprint density at radius 3 is 2.63 bits per heavy atom. The summed E-state index contributed by atoms with van der Waals surface area (Å²) in [5.74, 6) is -1.78. The second kappa shape index (κ2) is 8.47. The molecule has 1 saturated carbocycles. The van der Waals surface area contributed by atoms with Crippen LogP contribution in [0.25, 0.3) is 0 Å². The molecule has 30 heavy (non-hydrogen) atoms. The number of hydrazine groups is 1. The van der Waals surface area contributed by atoms with Gasteiger partial charge in [0.25, 0.3) is 17.5 Å². The predicted molar refractivity (Wildman–Crippen MR) is 102 cm³/mol. The maximum atomic E-state index is 12.7. The first-order chi connectivity index (χ1) is 14.2. The average molecular weight is 418 g/mol. The summed E-state index contributed by atoms with van der Waals surface area (Å²) in [6.45, 7) is 1.34. The molecule has 0 aromatic heterocycles. The summed E-state index contributed by atoms with van der Waals surface area (Å²) >= 11 is 0. The zero-order valence-electron chi connectivity index (χ0n) is 16.4. The quantitative estimate of drug-likeness (QED) is 0.305. The Balaban J connectivity index is 1.52. The average Bonchev–Trinajstić information content (AvgIpc) is 2.93. The molecule has 1 saturated heterocycles. The van der Waals surface area contributed by atoms with E-state index in [4.69, 9.17) is 4.74 Å². The van der Waals surface area contributed by atoms with Crippen LogP contribution in [0.1, 0.15) is 38.2 Å². The fourth-order valence-electron chi connectivity index (χ4n) is 3.66. The highest BCUT2D eigenvalue weighted by Gasteiger charge is 2.52. The summed E-state index contributed by atoms with van der Waals surface area (Å²) in [6.07, 6.45) is 2.18. The third-order valence-electron chi connectivity index (χ3n) is 5.41. The van der Waals surface area contributed by atoms with Crippen molar-refractivity contribution >= 4 is 29.5 Å². The van der Waals surface area contributed by atoms with E-state index in [2.05, 4.69) is 17.7 Å². The van der Waals surface area contributed by atoms with E-state index in [1.54, 1.807) is 6.07 Å². The van der Waals surface area contributed by atoms with Gasteiger partial charge >= 0.3 is 12.0 Å². The van der Waals surface area contributed by atoms with Crippen LogP contribution >= 0.6 is 0 Å².